The van der Waals surface area contributed by atoms with Crippen molar-refractivity contribution in [2.24, 2.45) is 0 Å². The van der Waals surface area contributed by atoms with E-state index in [0.717, 1.165) is 4.57 Å². The molecule has 0 saturated carbocycles. The molecule has 13 heavy (non-hydrogen) atoms. The van der Waals surface area contributed by atoms with Crippen LogP contribution in [-0.2, 0) is 4.79 Å². The molecule has 0 aliphatic carbocycles. The van der Waals surface area contributed by atoms with Crippen molar-refractivity contribution in [3.05, 3.63) is 21.0 Å². The number of aromatic nitrogens is 3. The highest BCUT2D eigenvalue weighted by atomic mass is 16.4. The average Bonchev–Trinajstić information content (AvgIpc) is 2.29. The van der Waals surface area contributed by atoms with Crippen LogP contribution in [-0.4, -0.2) is 25.8 Å². The van der Waals surface area contributed by atoms with Gasteiger partial charge in [0.25, 0.3) is 0 Å². The van der Waals surface area contributed by atoms with E-state index in [1.165, 1.54) is 6.92 Å². The molecule has 3 N–H and O–H groups in total. The lowest BCUT2D eigenvalue weighted by Crippen LogP contribution is -2.30. The van der Waals surface area contributed by atoms with Crippen LogP contribution in [0.1, 0.15) is 19.4 Å². The molecule has 1 heterocycles. The molecule has 1 rings (SSSR count). The number of nitrogens with one attached hydrogen (secondary N) is 2. The molecule has 0 spiro atoms. The molecule has 0 aliphatic heterocycles. The van der Waals surface area contributed by atoms with Gasteiger partial charge >= 0.3 is 17.3 Å². The molecule has 72 valence electrons. The minimum Gasteiger partial charge on any atom is -0.481 e. The van der Waals surface area contributed by atoms with Crippen LogP contribution in [0.15, 0.2) is 9.59 Å². The summed E-state index contributed by atoms with van der Waals surface area (Å²) in [5, 5.41) is 12.6. The molecule has 7 nitrogen and oxygen atoms in total. The van der Waals surface area contributed by atoms with Gasteiger partial charge in [-0.1, -0.05) is 0 Å². The first-order chi connectivity index (χ1) is 6.02. The third-order valence-corrected chi connectivity index (χ3v) is 1.62. The minimum absolute atomic E-state index is 0.263. The fraction of sp³-hybridized carbons (Fsp3) is 0.500. The van der Waals surface area contributed by atoms with Gasteiger partial charge in [-0.3, -0.25) is 4.79 Å². The van der Waals surface area contributed by atoms with E-state index in [4.69, 9.17) is 5.11 Å². The van der Waals surface area contributed by atoms with Crippen LogP contribution in [0.5, 0.6) is 0 Å². The number of nitrogens with zero attached hydrogens (tertiary/aromatic N) is 1. The SMILES string of the molecule is CC(CC(=O)O)n1c(=O)[nH][nH]c1=O. The lowest BCUT2D eigenvalue weighted by molar-refractivity contribution is -0.137. The van der Waals surface area contributed by atoms with Gasteiger partial charge in [0, 0.05) is 0 Å². The second kappa shape index (κ2) is 3.30. The summed E-state index contributed by atoms with van der Waals surface area (Å²) in [6.07, 6.45) is -0.263. The maximum atomic E-state index is 10.9. The summed E-state index contributed by atoms with van der Waals surface area (Å²) in [7, 11) is 0. The van der Waals surface area contributed by atoms with Crippen molar-refractivity contribution < 1.29 is 9.90 Å². The van der Waals surface area contributed by atoms with Gasteiger partial charge in [-0.05, 0) is 6.92 Å². The summed E-state index contributed by atoms with van der Waals surface area (Å²) in [6, 6.07) is -0.653. The van der Waals surface area contributed by atoms with Crippen LogP contribution in [0.25, 0.3) is 0 Å². The minimum atomic E-state index is -1.06. The summed E-state index contributed by atoms with van der Waals surface area (Å²) < 4.78 is 0.827. The fourth-order valence-electron chi connectivity index (χ4n) is 1.06. The molecule has 1 aromatic rings. The summed E-state index contributed by atoms with van der Waals surface area (Å²) in [5.41, 5.74) is -1.25. The van der Waals surface area contributed by atoms with E-state index in [9.17, 15) is 14.4 Å². The van der Waals surface area contributed by atoms with Crippen LogP contribution >= 0.6 is 0 Å². The Bertz CT molecular complexity index is 385. The van der Waals surface area contributed by atoms with E-state index in [2.05, 4.69) is 10.2 Å². The number of carboxylic acid groups (broad SMARTS) is 1. The van der Waals surface area contributed by atoms with Crippen LogP contribution in [0.2, 0.25) is 0 Å². The number of carboxylic acids is 1. The molecule has 1 aromatic heterocycles. The maximum absolute atomic E-state index is 10.9. The van der Waals surface area contributed by atoms with E-state index in [-0.39, 0.29) is 6.42 Å². The molecular formula is C6H9N3O4. The largest absolute Gasteiger partial charge is 0.481 e. The van der Waals surface area contributed by atoms with E-state index >= 15 is 0 Å². The van der Waals surface area contributed by atoms with E-state index in [1.807, 2.05) is 0 Å². The van der Waals surface area contributed by atoms with Crippen molar-refractivity contribution in [3.63, 3.8) is 0 Å². The lowest BCUT2D eigenvalue weighted by atomic mass is 10.2. The number of rotatable bonds is 3. The molecule has 0 radical (unpaired) electrons. The number of hydrogen-bond donors (Lipinski definition) is 3. The molecular weight excluding hydrogens is 178 g/mol. The second-order valence-electron chi connectivity index (χ2n) is 2.68. The smallest absolute Gasteiger partial charge is 0.344 e. The molecule has 1 atom stereocenters. The maximum Gasteiger partial charge on any atom is 0.344 e. The Hall–Kier alpha value is -1.79. The predicted octanol–water partition coefficient (Wildman–Crippen LogP) is -1.10. The third-order valence-electron chi connectivity index (χ3n) is 1.62. The average molecular weight is 187 g/mol. The number of aliphatic carboxylic acids is 1. The Morgan fingerprint density at radius 2 is 1.92 bits per heavy atom. The van der Waals surface area contributed by atoms with E-state index in [1.54, 1.807) is 0 Å². The topological polar surface area (TPSA) is 108 Å². The summed E-state index contributed by atoms with van der Waals surface area (Å²) >= 11 is 0. The molecule has 0 bridgehead atoms. The van der Waals surface area contributed by atoms with E-state index in [0.29, 0.717) is 0 Å². The lowest BCUT2D eigenvalue weighted by Gasteiger charge is -2.05. The zero-order valence-corrected chi connectivity index (χ0v) is 6.90. The molecule has 0 amide bonds. The van der Waals surface area contributed by atoms with Crippen molar-refractivity contribution in [1.82, 2.24) is 14.8 Å². The highest BCUT2D eigenvalue weighted by Crippen LogP contribution is 2.03. The summed E-state index contributed by atoms with van der Waals surface area (Å²) in [6.45, 7) is 1.48. The van der Waals surface area contributed by atoms with Crippen molar-refractivity contribution in [1.29, 1.82) is 0 Å². The van der Waals surface area contributed by atoms with Crippen LogP contribution in [0.4, 0.5) is 0 Å². The van der Waals surface area contributed by atoms with Gasteiger partial charge in [-0.15, -0.1) is 0 Å². The van der Waals surface area contributed by atoms with E-state index < -0.39 is 23.4 Å². The van der Waals surface area contributed by atoms with Gasteiger partial charge in [0.15, 0.2) is 0 Å². The van der Waals surface area contributed by atoms with Gasteiger partial charge in [0.05, 0.1) is 12.5 Å². The zero-order chi connectivity index (χ0) is 10.0. The third kappa shape index (κ3) is 1.86. The molecule has 0 aromatic carbocycles. The molecule has 7 heteroatoms. The first-order valence-electron chi connectivity index (χ1n) is 3.63. The quantitative estimate of drug-likeness (QED) is 0.558. The summed E-state index contributed by atoms with van der Waals surface area (Å²) in [5.74, 6) is -1.06. The zero-order valence-electron chi connectivity index (χ0n) is 6.90. The van der Waals surface area contributed by atoms with Crippen molar-refractivity contribution in [2.45, 2.75) is 19.4 Å². The van der Waals surface area contributed by atoms with Crippen molar-refractivity contribution >= 4 is 5.97 Å². The van der Waals surface area contributed by atoms with Crippen LogP contribution in [0.3, 0.4) is 0 Å². The number of aromatic amines is 2. The molecule has 0 saturated heterocycles. The predicted molar refractivity (Wildman–Crippen MR) is 42.6 cm³/mol. The van der Waals surface area contributed by atoms with Crippen molar-refractivity contribution in [3.8, 4) is 0 Å². The van der Waals surface area contributed by atoms with Crippen LogP contribution < -0.4 is 11.4 Å². The molecule has 0 aliphatic rings. The van der Waals surface area contributed by atoms with Crippen LogP contribution in [0, 0.1) is 0 Å². The monoisotopic (exact) mass is 187 g/mol. The first kappa shape index (κ1) is 9.30. The normalized spacial score (nSPS) is 12.7. The number of H-pyrrole nitrogens is 2. The first-order valence-corrected chi connectivity index (χ1v) is 3.63. The highest BCUT2D eigenvalue weighted by Gasteiger charge is 2.14. The Balaban J connectivity index is 3.01. The highest BCUT2D eigenvalue weighted by molar-refractivity contribution is 5.67. The Kier molecular flexibility index (Phi) is 2.36. The summed E-state index contributed by atoms with van der Waals surface area (Å²) in [4.78, 5) is 32.2. The van der Waals surface area contributed by atoms with Gasteiger partial charge in [-0.2, -0.15) is 0 Å². The molecule has 1 unspecified atom stereocenters. The Morgan fingerprint density at radius 1 is 1.46 bits per heavy atom. The fourth-order valence-corrected chi connectivity index (χ4v) is 1.06. The number of hydrogen-bond acceptors (Lipinski definition) is 3. The molecule has 0 fully saturated rings. The Labute approximate surface area is 72.0 Å². The number of carbonyl (C=O) groups is 1. The van der Waals surface area contributed by atoms with Gasteiger partial charge in [0.2, 0.25) is 0 Å². The van der Waals surface area contributed by atoms with Gasteiger partial charge < -0.3 is 5.11 Å². The van der Waals surface area contributed by atoms with Gasteiger partial charge in [-0.25, -0.2) is 24.4 Å². The van der Waals surface area contributed by atoms with Crippen molar-refractivity contribution in [2.75, 3.05) is 0 Å². The standard InChI is InChI=1S/C6H9N3O4/c1-3(2-4(10)11)9-5(12)7-8-6(9)13/h3H,2H2,1H3,(H,7,12)(H,8,13)(H,10,11). The Morgan fingerprint density at radius 3 is 2.31 bits per heavy atom. The van der Waals surface area contributed by atoms with Gasteiger partial charge in [0.1, 0.15) is 0 Å². The second-order valence-corrected chi connectivity index (χ2v) is 2.68.